The van der Waals surface area contributed by atoms with Gasteiger partial charge in [0.2, 0.25) is 0 Å². The third-order valence-corrected chi connectivity index (χ3v) is 7.12. The van der Waals surface area contributed by atoms with E-state index >= 15 is 0 Å². The minimum Gasteiger partial charge on any atom is -0.326 e. The van der Waals surface area contributed by atoms with Crippen LogP contribution in [0.5, 0.6) is 0 Å². The summed E-state index contributed by atoms with van der Waals surface area (Å²) in [5.41, 5.74) is 4.06. The number of hydrogen-bond acceptors (Lipinski definition) is 5. The van der Waals surface area contributed by atoms with Crippen molar-refractivity contribution in [1.82, 2.24) is 0 Å². The molecule has 0 fully saturated rings. The average Bonchev–Trinajstić information content (AvgIpc) is 2.74. The van der Waals surface area contributed by atoms with Crippen LogP contribution in [0.1, 0.15) is 11.1 Å². The van der Waals surface area contributed by atoms with Gasteiger partial charge in [0.25, 0.3) is 20.0 Å². The zero-order valence-corrected chi connectivity index (χ0v) is 17.9. The molecule has 0 spiro atoms. The Morgan fingerprint density at radius 3 is 1.78 bits per heavy atom. The molecule has 3 rings (SSSR count). The van der Waals surface area contributed by atoms with E-state index in [1.807, 2.05) is 4.72 Å². The molecule has 0 radical (unpaired) electrons. The van der Waals surface area contributed by atoms with Gasteiger partial charge in [-0.2, -0.15) is 13.2 Å². The maximum absolute atomic E-state index is 13.2. The predicted molar refractivity (Wildman–Crippen MR) is 114 cm³/mol. The molecule has 12 heteroatoms. The van der Waals surface area contributed by atoms with Crippen LogP contribution in [-0.4, -0.2) is 16.8 Å². The van der Waals surface area contributed by atoms with Crippen molar-refractivity contribution in [2.24, 2.45) is 5.73 Å². The molecule has 0 unspecified atom stereocenters. The van der Waals surface area contributed by atoms with Crippen molar-refractivity contribution in [2.45, 2.75) is 22.5 Å². The Labute approximate surface area is 183 Å². The van der Waals surface area contributed by atoms with Crippen molar-refractivity contribution >= 4 is 31.4 Å². The number of nitrogens with two attached hydrogens (primary N) is 1. The van der Waals surface area contributed by atoms with Crippen molar-refractivity contribution in [3.05, 3.63) is 83.9 Å². The highest BCUT2D eigenvalue weighted by atomic mass is 32.2. The standard InChI is InChI=1S/C20H18F3N3O4S2/c21-20(22,23)15-8-11-18(25-32(29,30)17-9-6-14(13-24)7-10-17)19(12-15)26-31(27,28)16-4-2-1-3-5-16/h1-12,25-26H,13,24H2. The minimum atomic E-state index is -4.78. The number of anilines is 2. The zero-order valence-electron chi connectivity index (χ0n) is 16.3. The van der Waals surface area contributed by atoms with Crippen LogP contribution < -0.4 is 15.2 Å². The Kier molecular flexibility index (Phi) is 6.49. The van der Waals surface area contributed by atoms with Crippen molar-refractivity contribution < 1.29 is 30.0 Å². The quantitative estimate of drug-likeness (QED) is 0.471. The first-order chi connectivity index (χ1) is 14.9. The molecule has 0 amide bonds. The van der Waals surface area contributed by atoms with Crippen LogP contribution in [0.3, 0.4) is 0 Å². The van der Waals surface area contributed by atoms with Gasteiger partial charge >= 0.3 is 6.18 Å². The largest absolute Gasteiger partial charge is 0.416 e. The molecule has 0 bridgehead atoms. The van der Waals surface area contributed by atoms with E-state index in [1.165, 1.54) is 48.5 Å². The lowest BCUT2D eigenvalue weighted by molar-refractivity contribution is -0.137. The molecule has 0 aromatic heterocycles. The average molecular weight is 486 g/mol. The summed E-state index contributed by atoms with van der Waals surface area (Å²) in [5, 5.41) is 0. The van der Waals surface area contributed by atoms with Gasteiger partial charge in [-0.25, -0.2) is 16.8 Å². The van der Waals surface area contributed by atoms with Crippen molar-refractivity contribution in [2.75, 3.05) is 9.44 Å². The minimum absolute atomic E-state index is 0.175. The summed E-state index contributed by atoms with van der Waals surface area (Å²) in [6.07, 6.45) is -4.78. The molecule has 0 atom stereocenters. The van der Waals surface area contributed by atoms with Gasteiger partial charge in [-0.15, -0.1) is 0 Å². The molecule has 0 heterocycles. The monoisotopic (exact) mass is 485 g/mol. The van der Waals surface area contributed by atoms with Gasteiger partial charge in [-0.05, 0) is 48.0 Å². The van der Waals surface area contributed by atoms with Crippen LogP contribution in [0, 0.1) is 0 Å². The third-order valence-electron chi connectivity index (χ3n) is 4.36. The normalized spacial score (nSPS) is 12.4. The van der Waals surface area contributed by atoms with Crippen LogP contribution in [-0.2, 0) is 32.8 Å². The van der Waals surface area contributed by atoms with Crippen LogP contribution in [0.2, 0.25) is 0 Å². The van der Waals surface area contributed by atoms with Gasteiger partial charge in [0.1, 0.15) is 0 Å². The number of hydrogen-bond donors (Lipinski definition) is 3. The van der Waals surface area contributed by atoms with Crippen LogP contribution in [0.4, 0.5) is 24.5 Å². The fourth-order valence-electron chi connectivity index (χ4n) is 2.71. The molecular weight excluding hydrogens is 467 g/mol. The summed E-state index contributed by atoms with van der Waals surface area (Å²) in [6.45, 7) is 0.193. The van der Waals surface area contributed by atoms with Crippen LogP contribution >= 0.6 is 0 Å². The number of sulfonamides is 2. The molecule has 3 aromatic carbocycles. The number of nitrogens with one attached hydrogen (secondary N) is 2. The van der Waals surface area contributed by atoms with Crippen molar-refractivity contribution in [3.8, 4) is 0 Å². The smallest absolute Gasteiger partial charge is 0.326 e. The Morgan fingerprint density at radius 2 is 1.25 bits per heavy atom. The van der Waals surface area contributed by atoms with Crippen molar-refractivity contribution in [3.63, 3.8) is 0 Å². The molecule has 170 valence electrons. The molecule has 0 aliphatic heterocycles. The molecule has 0 saturated heterocycles. The van der Waals surface area contributed by atoms with E-state index in [-0.39, 0.29) is 22.0 Å². The molecule has 0 aliphatic rings. The molecule has 4 N–H and O–H groups in total. The molecular formula is C20H18F3N3O4S2. The summed E-state index contributed by atoms with van der Waals surface area (Å²) in [5.74, 6) is 0. The summed E-state index contributed by atoms with van der Waals surface area (Å²) < 4.78 is 94.5. The summed E-state index contributed by atoms with van der Waals surface area (Å²) in [4.78, 5) is -0.380. The predicted octanol–water partition coefficient (Wildman–Crippen LogP) is 3.77. The highest BCUT2D eigenvalue weighted by Gasteiger charge is 2.32. The van der Waals surface area contributed by atoms with Gasteiger partial charge in [-0.1, -0.05) is 30.3 Å². The lowest BCUT2D eigenvalue weighted by Gasteiger charge is -2.17. The number of rotatable bonds is 7. The van der Waals surface area contributed by atoms with Gasteiger partial charge < -0.3 is 5.73 Å². The van der Waals surface area contributed by atoms with Gasteiger partial charge in [0, 0.05) is 6.54 Å². The summed E-state index contributed by atoms with van der Waals surface area (Å²) >= 11 is 0. The second kappa shape index (κ2) is 8.81. The zero-order chi connectivity index (χ0) is 23.6. The number of halogens is 3. The Hall–Kier alpha value is -3.09. The highest BCUT2D eigenvalue weighted by Crippen LogP contribution is 2.35. The van der Waals surface area contributed by atoms with Gasteiger partial charge in [0.05, 0.1) is 26.7 Å². The second-order valence-electron chi connectivity index (χ2n) is 6.63. The fourth-order valence-corrected chi connectivity index (χ4v) is 4.88. The first kappa shape index (κ1) is 23.6. The summed E-state index contributed by atoms with van der Waals surface area (Å²) in [7, 11) is -8.53. The maximum Gasteiger partial charge on any atom is 0.416 e. The van der Waals surface area contributed by atoms with Crippen LogP contribution in [0.15, 0.2) is 82.6 Å². The fraction of sp³-hybridized carbons (Fsp3) is 0.100. The van der Waals surface area contributed by atoms with Gasteiger partial charge in [0.15, 0.2) is 0 Å². The van der Waals surface area contributed by atoms with Crippen molar-refractivity contribution in [1.29, 1.82) is 0 Å². The maximum atomic E-state index is 13.2. The Balaban J connectivity index is 2.03. The van der Waals surface area contributed by atoms with Crippen LogP contribution in [0.25, 0.3) is 0 Å². The van der Waals surface area contributed by atoms with E-state index in [1.54, 1.807) is 6.07 Å². The molecule has 0 aliphatic carbocycles. The van der Waals surface area contributed by atoms with E-state index < -0.39 is 37.5 Å². The molecule has 7 nitrogen and oxygen atoms in total. The summed E-state index contributed by atoms with van der Waals surface area (Å²) in [6, 6.07) is 14.5. The van der Waals surface area contributed by atoms with E-state index in [0.29, 0.717) is 17.7 Å². The third kappa shape index (κ3) is 5.39. The van der Waals surface area contributed by atoms with E-state index in [2.05, 4.69) is 4.72 Å². The SMILES string of the molecule is NCc1ccc(S(=O)(=O)Nc2ccc(C(F)(F)F)cc2NS(=O)(=O)c2ccccc2)cc1. The lowest BCUT2D eigenvalue weighted by atomic mass is 10.2. The highest BCUT2D eigenvalue weighted by molar-refractivity contribution is 7.93. The Bertz CT molecular complexity index is 1310. The topological polar surface area (TPSA) is 118 Å². The molecule has 0 saturated carbocycles. The van der Waals surface area contributed by atoms with E-state index in [9.17, 15) is 30.0 Å². The number of alkyl halides is 3. The number of benzene rings is 3. The lowest BCUT2D eigenvalue weighted by Crippen LogP contribution is -2.18. The van der Waals surface area contributed by atoms with Gasteiger partial charge in [-0.3, -0.25) is 9.44 Å². The first-order valence-corrected chi connectivity index (χ1v) is 12.0. The Morgan fingerprint density at radius 1 is 0.719 bits per heavy atom. The van der Waals surface area contributed by atoms with E-state index in [0.717, 1.165) is 6.07 Å². The molecule has 32 heavy (non-hydrogen) atoms. The first-order valence-electron chi connectivity index (χ1n) is 9.03. The molecule has 3 aromatic rings. The van der Waals surface area contributed by atoms with E-state index in [4.69, 9.17) is 5.73 Å². The second-order valence-corrected chi connectivity index (χ2v) is 10.00.